The zero-order valence-electron chi connectivity index (χ0n) is 8.97. The SMILES string of the molecule is CCC[C@H](C(=O)NCCN)C(C)C. The average Bonchev–Trinajstić information content (AvgIpc) is 2.09. The van der Waals surface area contributed by atoms with Crippen LogP contribution in [0.3, 0.4) is 0 Å². The summed E-state index contributed by atoms with van der Waals surface area (Å²) in [5.74, 6) is 0.719. The van der Waals surface area contributed by atoms with Crippen LogP contribution in [0.15, 0.2) is 0 Å². The Kier molecular flexibility index (Phi) is 6.59. The molecule has 0 aromatic carbocycles. The number of amides is 1. The first kappa shape index (κ1) is 12.4. The van der Waals surface area contributed by atoms with Crippen LogP contribution in [-0.4, -0.2) is 19.0 Å². The number of nitrogens with one attached hydrogen (secondary N) is 1. The van der Waals surface area contributed by atoms with Crippen LogP contribution in [0.4, 0.5) is 0 Å². The highest BCUT2D eigenvalue weighted by Crippen LogP contribution is 2.16. The normalized spacial score (nSPS) is 13.0. The van der Waals surface area contributed by atoms with Gasteiger partial charge in [0.1, 0.15) is 0 Å². The molecule has 0 spiro atoms. The molecule has 78 valence electrons. The van der Waals surface area contributed by atoms with Gasteiger partial charge >= 0.3 is 0 Å². The van der Waals surface area contributed by atoms with Crippen molar-refractivity contribution < 1.29 is 4.79 Å². The van der Waals surface area contributed by atoms with Gasteiger partial charge in [0.05, 0.1) is 0 Å². The topological polar surface area (TPSA) is 55.1 Å². The highest BCUT2D eigenvalue weighted by Gasteiger charge is 2.20. The molecule has 0 aromatic heterocycles. The van der Waals surface area contributed by atoms with Crippen molar-refractivity contribution in [2.45, 2.75) is 33.6 Å². The second kappa shape index (κ2) is 6.89. The fourth-order valence-corrected chi connectivity index (χ4v) is 1.40. The number of hydrogen-bond donors (Lipinski definition) is 2. The highest BCUT2D eigenvalue weighted by atomic mass is 16.1. The van der Waals surface area contributed by atoms with Crippen molar-refractivity contribution in [2.75, 3.05) is 13.1 Å². The molecule has 0 bridgehead atoms. The van der Waals surface area contributed by atoms with E-state index in [1.807, 2.05) is 0 Å². The lowest BCUT2D eigenvalue weighted by Gasteiger charge is -2.19. The lowest BCUT2D eigenvalue weighted by molar-refractivity contribution is -0.126. The molecule has 0 rings (SSSR count). The van der Waals surface area contributed by atoms with Crippen LogP contribution in [0.2, 0.25) is 0 Å². The first-order valence-corrected chi connectivity index (χ1v) is 5.11. The monoisotopic (exact) mass is 186 g/mol. The summed E-state index contributed by atoms with van der Waals surface area (Å²) in [7, 11) is 0. The molecule has 1 atom stereocenters. The van der Waals surface area contributed by atoms with E-state index >= 15 is 0 Å². The van der Waals surface area contributed by atoms with Crippen molar-refractivity contribution in [3.63, 3.8) is 0 Å². The van der Waals surface area contributed by atoms with Crippen LogP contribution in [0.25, 0.3) is 0 Å². The molecule has 0 radical (unpaired) electrons. The Hall–Kier alpha value is -0.570. The maximum absolute atomic E-state index is 11.6. The number of hydrogen-bond acceptors (Lipinski definition) is 2. The smallest absolute Gasteiger partial charge is 0.223 e. The zero-order chi connectivity index (χ0) is 10.3. The molecule has 13 heavy (non-hydrogen) atoms. The van der Waals surface area contributed by atoms with Gasteiger partial charge in [0.25, 0.3) is 0 Å². The van der Waals surface area contributed by atoms with Gasteiger partial charge in [-0.3, -0.25) is 4.79 Å². The Morgan fingerprint density at radius 1 is 1.46 bits per heavy atom. The van der Waals surface area contributed by atoms with Gasteiger partial charge in [-0.1, -0.05) is 27.2 Å². The summed E-state index contributed by atoms with van der Waals surface area (Å²) in [4.78, 5) is 11.6. The summed E-state index contributed by atoms with van der Waals surface area (Å²) in [6, 6.07) is 0. The van der Waals surface area contributed by atoms with Crippen LogP contribution in [0.5, 0.6) is 0 Å². The third kappa shape index (κ3) is 4.88. The van der Waals surface area contributed by atoms with Gasteiger partial charge in [-0.05, 0) is 12.3 Å². The van der Waals surface area contributed by atoms with Gasteiger partial charge in [-0.25, -0.2) is 0 Å². The van der Waals surface area contributed by atoms with E-state index in [4.69, 9.17) is 5.73 Å². The van der Waals surface area contributed by atoms with Gasteiger partial charge in [0, 0.05) is 19.0 Å². The fraction of sp³-hybridized carbons (Fsp3) is 0.900. The predicted octanol–water partition coefficient (Wildman–Crippen LogP) is 1.13. The lowest BCUT2D eigenvalue weighted by Crippen LogP contribution is -2.36. The second-order valence-corrected chi connectivity index (χ2v) is 3.72. The molecule has 3 nitrogen and oxygen atoms in total. The second-order valence-electron chi connectivity index (χ2n) is 3.72. The van der Waals surface area contributed by atoms with E-state index in [1.54, 1.807) is 0 Å². The van der Waals surface area contributed by atoms with Gasteiger partial charge in [-0.15, -0.1) is 0 Å². The minimum atomic E-state index is 0.150. The van der Waals surface area contributed by atoms with Gasteiger partial charge in [-0.2, -0.15) is 0 Å². The van der Waals surface area contributed by atoms with Crippen molar-refractivity contribution in [1.29, 1.82) is 0 Å². The minimum Gasteiger partial charge on any atom is -0.355 e. The molecule has 0 aliphatic carbocycles. The van der Waals surface area contributed by atoms with Crippen LogP contribution in [0.1, 0.15) is 33.6 Å². The molecule has 0 saturated carbocycles. The summed E-state index contributed by atoms with van der Waals surface area (Å²) in [6.45, 7) is 7.38. The molecule has 0 fully saturated rings. The maximum Gasteiger partial charge on any atom is 0.223 e. The van der Waals surface area contributed by atoms with Crippen molar-refractivity contribution in [3.05, 3.63) is 0 Å². The molecule has 0 unspecified atom stereocenters. The summed E-state index contributed by atoms with van der Waals surface area (Å²) in [5, 5.41) is 2.83. The fourth-order valence-electron chi connectivity index (χ4n) is 1.40. The summed E-state index contributed by atoms with van der Waals surface area (Å²) in [5.41, 5.74) is 5.31. The Morgan fingerprint density at radius 3 is 2.46 bits per heavy atom. The Bertz CT molecular complexity index is 146. The Labute approximate surface area is 81.1 Å². The molecule has 0 heterocycles. The average molecular weight is 186 g/mol. The van der Waals surface area contributed by atoms with E-state index in [2.05, 4.69) is 26.1 Å². The lowest BCUT2D eigenvalue weighted by atomic mass is 9.90. The van der Waals surface area contributed by atoms with Crippen molar-refractivity contribution >= 4 is 5.91 Å². The zero-order valence-corrected chi connectivity index (χ0v) is 8.97. The maximum atomic E-state index is 11.6. The third-order valence-corrected chi connectivity index (χ3v) is 2.18. The minimum absolute atomic E-state index is 0.150. The molecule has 3 N–H and O–H groups in total. The number of carbonyl (C=O) groups excluding carboxylic acids is 1. The Balaban J connectivity index is 3.96. The predicted molar refractivity (Wildman–Crippen MR) is 55.3 cm³/mol. The molecular formula is C10H22N2O. The number of carbonyl (C=O) groups is 1. The highest BCUT2D eigenvalue weighted by molar-refractivity contribution is 5.78. The quantitative estimate of drug-likeness (QED) is 0.653. The summed E-state index contributed by atoms with van der Waals surface area (Å²) in [6.07, 6.45) is 2.02. The van der Waals surface area contributed by atoms with Crippen LogP contribution in [0, 0.1) is 11.8 Å². The molecule has 0 aromatic rings. The van der Waals surface area contributed by atoms with Crippen LogP contribution < -0.4 is 11.1 Å². The van der Waals surface area contributed by atoms with Crippen molar-refractivity contribution in [2.24, 2.45) is 17.6 Å². The van der Waals surface area contributed by atoms with E-state index in [-0.39, 0.29) is 11.8 Å². The Morgan fingerprint density at radius 2 is 2.08 bits per heavy atom. The van der Waals surface area contributed by atoms with E-state index < -0.39 is 0 Å². The summed E-state index contributed by atoms with van der Waals surface area (Å²) >= 11 is 0. The number of nitrogens with two attached hydrogens (primary N) is 1. The van der Waals surface area contributed by atoms with E-state index in [0.29, 0.717) is 19.0 Å². The first-order valence-electron chi connectivity index (χ1n) is 5.11. The molecule has 0 aliphatic heterocycles. The van der Waals surface area contributed by atoms with Crippen molar-refractivity contribution in [1.82, 2.24) is 5.32 Å². The standard InChI is InChI=1S/C10H22N2O/c1-4-5-9(8(2)3)10(13)12-7-6-11/h8-9H,4-7,11H2,1-3H3,(H,12,13)/t9-/m0/s1. The first-order chi connectivity index (χ1) is 6.13. The number of rotatable bonds is 6. The molecular weight excluding hydrogens is 164 g/mol. The van der Waals surface area contributed by atoms with Gasteiger partial charge in [0.2, 0.25) is 5.91 Å². The molecule has 0 aliphatic rings. The van der Waals surface area contributed by atoms with E-state index in [9.17, 15) is 4.79 Å². The molecule has 3 heteroatoms. The van der Waals surface area contributed by atoms with Gasteiger partial charge < -0.3 is 11.1 Å². The van der Waals surface area contributed by atoms with E-state index in [0.717, 1.165) is 12.8 Å². The van der Waals surface area contributed by atoms with Crippen LogP contribution >= 0.6 is 0 Å². The van der Waals surface area contributed by atoms with E-state index in [1.165, 1.54) is 0 Å². The third-order valence-electron chi connectivity index (χ3n) is 2.18. The molecule has 1 amide bonds. The largest absolute Gasteiger partial charge is 0.355 e. The summed E-state index contributed by atoms with van der Waals surface area (Å²) < 4.78 is 0. The van der Waals surface area contributed by atoms with Crippen molar-refractivity contribution in [3.8, 4) is 0 Å². The van der Waals surface area contributed by atoms with Crippen LogP contribution in [-0.2, 0) is 4.79 Å². The van der Waals surface area contributed by atoms with Gasteiger partial charge in [0.15, 0.2) is 0 Å². The molecule has 0 saturated heterocycles.